The topological polar surface area (TPSA) is 352 Å². The number of hydrogen-bond donors (Lipinski definition) is 1. The van der Waals surface area contributed by atoms with Gasteiger partial charge in [0.05, 0.1) is 18.3 Å². The molecule has 460 valence electrons. The summed E-state index contributed by atoms with van der Waals surface area (Å²) in [4.78, 5) is 0. The van der Waals surface area contributed by atoms with E-state index in [-0.39, 0.29) is 249 Å². The van der Waals surface area contributed by atoms with Crippen LogP contribution in [0.3, 0.4) is 0 Å². The minimum Gasteiger partial charge on any atom is -0.726 e. The van der Waals surface area contributed by atoms with Crippen LogP contribution >= 0.6 is 0 Å². The quantitative estimate of drug-likeness (QED) is 0.0612. The van der Waals surface area contributed by atoms with Crippen molar-refractivity contribution in [1.29, 1.82) is 0 Å². The Morgan fingerprint density at radius 1 is 0.518 bits per heavy atom. The first kappa shape index (κ1) is 81.2. The summed E-state index contributed by atoms with van der Waals surface area (Å²) >= 11 is 0. The van der Waals surface area contributed by atoms with Crippen LogP contribution in [0.2, 0.25) is 0 Å². The van der Waals surface area contributed by atoms with Crippen molar-refractivity contribution < 1.29 is 239 Å². The number of allylic oxidation sites excluding steroid dienone is 4. The zero-order chi connectivity index (χ0) is 59.1. The van der Waals surface area contributed by atoms with E-state index in [4.69, 9.17) is 20.9 Å². The smallest absolute Gasteiger partial charge is 0.726 e. The fourth-order valence-electron chi connectivity index (χ4n) is 21.1. The maximum Gasteiger partial charge on any atom is 1.00 e. The second-order valence-corrected chi connectivity index (χ2v) is 33.3. The van der Waals surface area contributed by atoms with Crippen molar-refractivity contribution in [3.8, 4) is 0 Å². The van der Waals surface area contributed by atoms with Crippen LogP contribution < -0.4 is 148 Å². The summed E-state index contributed by atoms with van der Waals surface area (Å²) in [5.41, 5.74) is -0.907. The van der Waals surface area contributed by atoms with Gasteiger partial charge in [0.25, 0.3) is 0 Å². The molecule has 9 aliphatic rings. The third kappa shape index (κ3) is 17.2. The SMILES string of the molecule is CC1=CC(C)(C)[C@@H](/C=C\C(C)[C@H]2CC[C@H]3[C@@H]4C[C@H](OS(=O)(=O)[O-])[C@H]5C[C@@H](O)[C@@H](OS(=O)(=O)[O-])C[C@]5(C)[C@H]4CC[C@]23C)[C@H]1CCC(C)[C@H]1CC[C@H]2[C@@H]3C[C@H](OS(=O)(=O)[O-])[C@H]4C[C@H](OS(=O)(=O)[O-])[C@@H](OS(=O)(=O)[O-])C[C@]4(C)[C@H]3CC[C@]12C.[Na+].[Na+].[Na+].[Na+].[Na+]. The Bertz CT molecular complexity index is 3010. The Balaban J connectivity index is 0.00000310. The Hall–Kier alpha value is 3.79. The van der Waals surface area contributed by atoms with Crippen LogP contribution in [0.1, 0.15) is 165 Å². The van der Waals surface area contributed by atoms with E-state index in [0.717, 1.165) is 57.8 Å². The van der Waals surface area contributed by atoms with Gasteiger partial charge in [0.15, 0.2) is 0 Å². The van der Waals surface area contributed by atoms with Gasteiger partial charge in [-0.2, -0.15) is 0 Å². The van der Waals surface area contributed by atoms with E-state index in [1.807, 2.05) is 13.8 Å². The van der Waals surface area contributed by atoms with Crippen molar-refractivity contribution in [3.63, 3.8) is 0 Å². The van der Waals surface area contributed by atoms with E-state index < -0.39 is 118 Å². The van der Waals surface area contributed by atoms with Crippen LogP contribution in [0.15, 0.2) is 23.8 Å². The van der Waals surface area contributed by atoms with Crippen LogP contribution in [0, 0.1) is 110 Å². The molecule has 0 saturated heterocycles. The molecule has 21 nitrogen and oxygen atoms in total. The van der Waals surface area contributed by atoms with E-state index >= 15 is 0 Å². The number of aliphatic hydroxyl groups is 1. The maximum atomic E-state index is 12.3. The van der Waals surface area contributed by atoms with Gasteiger partial charge in [-0.3, -0.25) is 20.9 Å². The van der Waals surface area contributed by atoms with E-state index in [9.17, 15) is 70.0 Å². The van der Waals surface area contributed by atoms with Crippen molar-refractivity contribution in [1.82, 2.24) is 0 Å². The van der Waals surface area contributed by atoms with E-state index in [1.165, 1.54) is 5.57 Å². The Labute approximate surface area is 617 Å². The summed E-state index contributed by atoms with van der Waals surface area (Å²) in [6.07, 6.45) is 7.14. The third-order valence-electron chi connectivity index (χ3n) is 24.0. The van der Waals surface area contributed by atoms with Gasteiger partial charge >= 0.3 is 148 Å². The molecule has 0 radical (unpaired) electrons. The second-order valence-electron chi connectivity index (χ2n) is 28.2. The summed E-state index contributed by atoms with van der Waals surface area (Å²) in [5, 5.41) is 11.0. The molecule has 9 rings (SSSR count). The number of fused-ring (bicyclic) bond motifs is 10. The molecular formula is C54H83Na5O21S5. The molecular weight excluding hydrogens is 1260 g/mol. The Morgan fingerprint density at radius 2 is 0.906 bits per heavy atom. The number of rotatable bonds is 17. The van der Waals surface area contributed by atoms with Crippen molar-refractivity contribution in [2.75, 3.05) is 0 Å². The fourth-order valence-corrected chi connectivity index (χ4v) is 23.7. The average molecular weight is 1340 g/mol. The molecule has 0 bridgehead atoms. The summed E-state index contributed by atoms with van der Waals surface area (Å²) in [6.45, 7) is 19.8. The van der Waals surface area contributed by atoms with Gasteiger partial charge in [-0.15, -0.1) is 0 Å². The van der Waals surface area contributed by atoms with E-state index in [2.05, 4.69) is 66.7 Å². The number of aliphatic hydroxyl groups excluding tert-OH is 1. The predicted octanol–water partition coefficient (Wildman–Crippen LogP) is -7.82. The Kier molecular flexibility index (Phi) is 27.8. The van der Waals surface area contributed by atoms with Gasteiger partial charge in [-0.25, -0.2) is 42.1 Å². The Morgan fingerprint density at radius 3 is 1.38 bits per heavy atom. The van der Waals surface area contributed by atoms with Crippen LogP contribution in [0.5, 0.6) is 0 Å². The molecule has 31 heteroatoms. The third-order valence-corrected chi connectivity index (χ3v) is 26.4. The maximum absolute atomic E-state index is 12.3. The van der Waals surface area contributed by atoms with Gasteiger partial charge in [0, 0.05) is 0 Å². The molecule has 0 amide bonds. The van der Waals surface area contributed by atoms with Crippen molar-refractivity contribution in [2.24, 2.45) is 110 Å². The van der Waals surface area contributed by atoms with Gasteiger partial charge in [-0.1, -0.05) is 79.2 Å². The molecule has 8 saturated carbocycles. The van der Waals surface area contributed by atoms with Crippen molar-refractivity contribution >= 4 is 52.0 Å². The average Bonchev–Trinajstić information content (AvgIpc) is 2.61. The van der Waals surface area contributed by atoms with Gasteiger partial charge in [0.1, 0.15) is 18.3 Å². The zero-order valence-corrected chi connectivity index (χ0v) is 66.3. The largest absolute Gasteiger partial charge is 1.00 e. The zero-order valence-electron chi connectivity index (χ0n) is 52.2. The minimum atomic E-state index is -5.44. The fraction of sp³-hybridized carbons (Fsp3) is 0.926. The molecule has 0 heterocycles. The second kappa shape index (κ2) is 29.1. The molecule has 85 heavy (non-hydrogen) atoms. The van der Waals surface area contributed by atoms with Gasteiger partial charge < -0.3 is 27.9 Å². The summed E-state index contributed by atoms with van der Waals surface area (Å²) < 4.78 is 205. The van der Waals surface area contributed by atoms with Crippen LogP contribution in [0.4, 0.5) is 0 Å². The molecule has 24 atom stereocenters. The first-order valence-corrected chi connectivity index (χ1v) is 35.5. The van der Waals surface area contributed by atoms with Crippen molar-refractivity contribution in [3.05, 3.63) is 23.8 Å². The van der Waals surface area contributed by atoms with Crippen molar-refractivity contribution in [2.45, 2.75) is 202 Å². The summed E-state index contributed by atoms with van der Waals surface area (Å²) in [6, 6.07) is 0. The molecule has 9 aliphatic carbocycles. The molecule has 1 N–H and O–H groups in total. The van der Waals surface area contributed by atoms with E-state index in [1.54, 1.807) is 0 Å². The predicted molar refractivity (Wildman–Crippen MR) is 282 cm³/mol. The molecule has 0 aliphatic heterocycles. The monoisotopic (exact) mass is 1340 g/mol. The molecule has 2 unspecified atom stereocenters. The molecule has 8 fully saturated rings. The normalized spacial score (nSPS) is 43.8. The standard InChI is InChI=1S/C54H88O21S5.5Na/c1-29(35-14-16-39-34-23-46(72-77(59,60)61)43-25-47(73-78(62,63)64)49(75-80(68,69)70)28-54(43,9)41(34)19-21-51(35,39)6)10-12-32-31(3)26-50(4,5)37(32)13-11-30(2)36-15-17-38-33-22-45(71-76(56,57)58)42-24-44(55)48(74-79(65,66)67)27-53(42,8)40(33)18-20-52(36,38)7;;;;;/h11,13,26,29-30,32-49,55H,10,12,14-25,27-28H2,1-9H3,(H,56,57,58)(H,59,60,61)(H,62,63,64)(H,65,66,67)(H,68,69,70);;;;;/q;5*+1/p-5/b13-11-;;;;;/t29?,30?,32-,33-,34-,35+,36+,37-,38-,39-,40-,41-,42+,43+,44+,45-,46-,47-,48-,49-,51+,52+,53+,54+;;;;;/m0...../s1. The number of hydrogen-bond acceptors (Lipinski definition) is 21. The summed E-state index contributed by atoms with van der Waals surface area (Å²) in [7, 11) is -26.4. The first-order chi connectivity index (χ1) is 36.6. The minimum absolute atomic E-state index is 0. The first-order valence-electron chi connectivity index (χ1n) is 28.8. The van der Waals surface area contributed by atoms with E-state index in [0.29, 0.717) is 24.7 Å². The van der Waals surface area contributed by atoms with Gasteiger partial charge in [0.2, 0.25) is 52.0 Å². The molecule has 0 aromatic rings. The summed E-state index contributed by atoms with van der Waals surface area (Å²) in [5.74, 6) is -0.0958. The van der Waals surface area contributed by atoms with Crippen LogP contribution in [0.25, 0.3) is 0 Å². The van der Waals surface area contributed by atoms with Crippen LogP contribution in [-0.4, -0.2) is 107 Å². The molecule has 0 aromatic heterocycles. The molecule has 0 aromatic carbocycles. The van der Waals surface area contributed by atoms with Gasteiger partial charge in [-0.05, 0) is 220 Å². The molecule has 0 spiro atoms. The van der Waals surface area contributed by atoms with Crippen LogP contribution in [-0.2, 0) is 72.9 Å².